The minimum atomic E-state index is -0.0943. The standard InChI is InChI=1S/C20H23N3O2S/c1-4-25-18-8-6-5-7-17(18)22-19(24)11-12-26-20-15(13-21)9-10-16(23-20)14(2)3/h5-10,14H,4,11-12H2,1-3H3,(H,22,24). The molecule has 0 unspecified atom stereocenters. The molecule has 2 rings (SSSR count). The van der Waals surface area contributed by atoms with E-state index in [1.54, 1.807) is 6.07 Å². The number of aromatic nitrogens is 1. The van der Waals surface area contributed by atoms with E-state index >= 15 is 0 Å². The second-order valence-corrected chi connectivity index (χ2v) is 7.01. The Bertz CT molecular complexity index is 800. The highest BCUT2D eigenvalue weighted by Gasteiger charge is 2.11. The summed E-state index contributed by atoms with van der Waals surface area (Å²) < 4.78 is 5.51. The molecule has 1 aromatic heterocycles. The predicted molar refractivity (Wildman–Crippen MR) is 105 cm³/mol. The van der Waals surface area contributed by atoms with Crippen LogP contribution in [0.4, 0.5) is 5.69 Å². The van der Waals surface area contributed by atoms with Crippen molar-refractivity contribution in [3.63, 3.8) is 0 Å². The Balaban J connectivity index is 1.95. The number of hydrogen-bond donors (Lipinski definition) is 1. The molecule has 136 valence electrons. The monoisotopic (exact) mass is 369 g/mol. The summed E-state index contributed by atoms with van der Waals surface area (Å²) in [7, 11) is 0. The van der Waals surface area contributed by atoms with E-state index < -0.39 is 0 Å². The van der Waals surface area contributed by atoms with Gasteiger partial charge >= 0.3 is 0 Å². The lowest BCUT2D eigenvalue weighted by Crippen LogP contribution is -2.13. The Hall–Kier alpha value is -2.52. The van der Waals surface area contributed by atoms with Crippen molar-refractivity contribution in [2.24, 2.45) is 0 Å². The van der Waals surface area contributed by atoms with Gasteiger partial charge in [0.25, 0.3) is 0 Å². The highest BCUT2D eigenvalue weighted by atomic mass is 32.2. The van der Waals surface area contributed by atoms with E-state index in [0.717, 1.165) is 5.69 Å². The first kappa shape index (κ1) is 19.8. The quantitative estimate of drug-likeness (QED) is 0.689. The third-order valence-electron chi connectivity index (χ3n) is 3.62. The van der Waals surface area contributed by atoms with E-state index in [4.69, 9.17) is 4.74 Å². The lowest BCUT2D eigenvalue weighted by Gasteiger charge is -2.11. The molecule has 0 spiro atoms. The number of rotatable bonds is 8. The molecule has 0 saturated heterocycles. The summed E-state index contributed by atoms with van der Waals surface area (Å²) in [6.07, 6.45) is 0.323. The largest absolute Gasteiger partial charge is 0.492 e. The number of carbonyl (C=O) groups is 1. The van der Waals surface area contributed by atoms with Crippen molar-refractivity contribution < 1.29 is 9.53 Å². The number of anilines is 1. The molecule has 1 heterocycles. The molecule has 0 atom stereocenters. The van der Waals surface area contributed by atoms with Crippen molar-refractivity contribution in [1.82, 2.24) is 4.98 Å². The zero-order valence-electron chi connectivity index (χ0n) is 15.3. The molecule has 1 aromatic carbocycles. The fourth-order valence-electron chi connectivity index (χ4n) is 2.28. The van der Waals surface area contributed by atoms with Crippen LogP contribution in [-0.2, 0) is 4.79 Å². The number of ether oxygens (including phenoxy) is 1. The second kappa shape index (κ2) is 9.83. The Morgan fingerprint density at radius 1 is 1.31 bits per heavy atom. The Morgan fingerprint density at radius 3 is 2.77 bits per heavy atom. The molecule has 6 heteroatoms. The first-order chi connectivity index (χ1) is 12.5. The van der Waals surface area contributed by atoms with Gasteiger partial charge in [0.2, 0.25) is 5.91 Å². The highest BCUT2D eigenvalue weighted by molar-refractivity contribution is 7.99. The molecule has 0 aliphatic heterocycles. The zero-order chi connectivity index (χ0) is 18.9. The zero-order valence-corrected chi connectivity index (χ0v) is 16.1. The normalized spacial score (nSPS) is 10.4. The lowest BCUT2D eigenvalue weighted by molar-refractivity contribution is -0.115. The molecule has 2 aromatic rings. The van der Waals surface area contributed by atoms with Crippen LogP contribution >= 0.6 is 11.8 Å². The van der Waals surface area contributed by atoms with Gasteiger partial charge in [0.15, 0.2) is 0 Å². The number of thioether (sulfide) groups is 1. The molecule has 0 fully saturated rings. The van der Waals surface area contributed by atoms with E-state index in [1.807, 2.05) is 37.3 Å². The van der Waals surface area contributed by atoms with Crippen LogP contribution in [0.25, 0.3) is 0 Å². The van der Waals surface area contributed by atoms with Gasteiger partial charge < -0.3 is 10.1 Å². The number of amides is 1. The van der Waals surface area contributed by atoms with Crippen LogP contribution < -0.4 is 10.1 Å². The fourth-order valence-corrected chi connectivity index (χ4v) is 3.20. The van der Waals surface area contributed by atoms with Gasteiger partial charge in [-0.05, 0) is 37.1 Å². The molecule has 0 radical (unpaired) electrons. The second-order valence-electron chi connectivity index (χ2n) is 5.93. The summed E-state index contributed by atoms with van der Waals surface area (Å²) in [4.78, 5) is 16.8. The number of nitrogens with zero attached hydrogens (tertiary/aromatic N) is 2. The van der Waals surface area contributed by atoms with Crippen LogP contribution in [0, 0.1) is 11.3 Å². The maximum absolute atomic E-state index is 12.2. The smallest absolute Gasteiger partial charge is 0.225 e. The van der Waals surface area contributed by atoms with E-state index in [2.05, 4.69) is 30.2 Å². The Labute approximate surface area is 158 Å². The van der Waals surface area contributed by atoms with Crippen LogP contribution in [-0.4, -0.2) is 23.3 Å². The minimum Gasteiger partial charge on any atom is -0.492 e. The van der Waals surface area contributed by atoms with Crippen molar-refractivity contribution in [3.8, 4) is 11.8 Å². The van der Waals surface area contributed by atoms with E-state index in [9.17, 15) is 10.1 Å². The van der Waals surface area contributed by atoms with E-state index in [1.165, 1.54) is 11.8 Å². The van der Waals surface area contributed by atoms with Crippen molar-refractivity contribution in [2.45, 2.75) is 38.1 Å². The molecule has 1 N–H and O–H groups in total. The average Bonchev–Trinajstić information content (AvgIpc) is 2.63. The van der Waals surface area contributed by atoms with Gasteiger partial charge in [0.05, 0.1) is 17.9 Å². The predicted octanol–water partition coefficient (Wildman–Crippen LogP) is 4.60. The molecule has 1 amide bonds. The SMILES string of the molecule is CCOc1ccccc1NC(=O)CCSc1nc(C(C)C)ccc1C#N. The van der Waals surface area contributed by atoms with E-state index in [0.29, 0.717) is 46.7 Å². The maximum atomic E-state index is 12.2. The van der Waals surface area contributed by atoms with Crippen LogP contribution in [0.3, 0.4) is 0 Å². The molecule has 0 aliphatic rings. The van der Waals surface area contributed by atoms with Gasteiger partial charge in [0, 0.05) is 17.9 Å². The highest BCUT2D eigenvalue weighted by Crippen LogP contribution is 2.26. The molecular formula is C20H23N3O2S. The van der Waals surface area contributed by atoms with Crippen molar-refractivity contribution >= 4 is 23.4 Å². The number of benzene rings is 1. The van der Waals surface area contributed by atoms with Crippen molar-refractivity contribution in [2.75, 3.05) is 17.7 Å². The first-order valence-electron chi connectivity index (χ1n) is 8.60. The van der Waals surface area contributed by atoms with Crippen LogP contribution in [0.2, 0.25) is 0 Å². The molecule has 26 heavy (non-hydrogen) atoms. The summed E-state index contributed by atoms with van der Waals surface area (Å²) in [5, 5.41) is 12.8. The molecule has 5 nitrogen and oxygen atoms in total. The maximum Gasteiger partial charge on any atom is 0.225 e. The summed E-state index contributed by atoms with van der Waals surface area (Å²) >= 11 is 1.43. The number of carbonyl (C=O) groups excluding carboxylic acids is 1. The number of nitriles is 1. The van der Waals surface area contributed by atoms with Crippen LogP contribution in [0.1, 0.15) is 44.4 Å². The molecule has 0 saturated carbocycles. The first-order valence-corrected chi connectivity index (χ1v) is 9.59. The summed E-state index contributed by atoms with van der Waals surface area (Å²) in [5.41, 5.74) is 2.16. The average molecular weight is 369 g/mol. The number of para-hydroxylation sites is 2. The van der Waals surface area contributed by atoms with Gasteiger partial charge in [-0.15, -0.1) is 11.8 Å². The number of pyridine rings is 1. The molecular weight excluding hydrogens is 346 g/mol. The Kier molecular flexibility index (Phi) is 7.49. The molecule has 0 bridgehead atoms. The minimum absolute atomic E-state index is 0.0943. The van der Waals surface area contributed by atoms with Gasteiger partial charge in [0.1, 0.15) is 16.8 Å². The third-order valence-corrected chi connectivity index (χ3v) is 4.62. The molecule has 0 aliphatic carbocycles. The van der Waals surface area contributed by atoms with Gasteiger partial charge in [-0.3, -0.25) is 4.79 Å². The Morgan fingerprint density at radius 2 is 2.08 bits per heavy atom. The third kappa shape index (κ3) is 5.50. The van der Waals surface area contributed by atoms with Gasteiger partial charge in [-0.2, -0.15) is 5.26 Å². The lowest BCUT2D eigenvalue weighted by atomic mass is 10.1. The van der Waals surface area contributed by atoms with Crippen molar-refractivity contribution in [1.29, 1.82) is 5.26 Å². The number of nitrogens with one attached hydrogen (secondary N) is 1. The van der Waals surface area contributed by atoms with Gasteiger partial charge in [-0.25, -0.2) is 4.98 Å². The topological polar surface area (TPSA) is 75.0 Å². The number of hydrogen-bond acceptors (Lipinski definition) is 5. The fraction of sp³-hybridized carbons (Fsp3) is 0.350. The van der Waals surface area contributed by atoms with Crippen LogP contribution in [0.5, 0.6) is 5.75 Å². The summed E-state index contributed by atoms with van der Waals surface area (Å²) in [6, 6.07) is 13.2. The summed E-state index contributed by atoms with van der Waals surface area (Å²) in [5.74, 6) is 1.41. The van der Waals surface area contributed by atoms with E-state index in [-0.39, 0.29) is 5.91 Å². The van der Waals surface area contributed by atoms with Crippen LogP contribution in [0.15, 0.2) is 41.4 Å². The van der Waals surface area contributed by atoms with Gasteiger partial charge in [-0.1, -0.05) is 26.0 Å². The summed E-state index contributed by atoms with van der Waals surface area (Å²) in [6.45, 7) is 6.57. The van der Waals surface area contributed by atoms with Crippen molar-refractivity contribution in [3.05, 3.63) is 47.7 Å².